The molecular formula is C12H22N2O5S. The van der Waals surface area contributed by atoms with E-state index in [0.29, 0.717) is 25.8 Å². The molecular weight excluding hydrogens is 284 g/mol. The van der Waals surface area contributed by atoms with Gasteiger partial charge in [-0.05, 0) is 19.3 Å². The summed E-state index contributed by atoms with van der Waals surface area (Å²) in [6.07, 6.45) is 3.15. The number of carboxylic acids is 1. The van der Waals surface area contributed by atoms with Crippen LogP contribution in [0.15, 0.2) is 0 Å². The number of hydrogen-bond donors (Lipinski definition) is 3. The van der Waals surface area contributed by atoms with Gasteiger partial charge in [0.05, 0.1) is 0 Å². The van der Waals surface area contributed by atoms with Gasteiger partial charge in [0.15, 0.2) is 0 Å². The van der Waals surface area contributed by atoms with E-state index in [1.807, 2.05) is 6.92 Å². The van der Waals surface area contributed by atoms with Crippen molar-refractivity contribution in [2.45, 2.75) is 44.3 Å². The summed E-state index contributed by atoms with van der Waals surface area (Å²) >= 11 is 0. The maximum atomic E-state index is 11.3. The first kappa shape index (κ1) is 18.6. The number of imide groups is 1. The highest BCUT2D eigenvalue weighted by atomic mass is 32.2. The number of carbonyl (C=O) groups excluding carboxylic acids is 2. The second kappa shape index (κ2) is 10.4. The van der Waals surface area contributed by atoms with Crippen molar-refractivity contribution < 1.29 is 23.7 Å². The van der Waals surface area contributed by atoms with E-state index in [1.165, 1.54) is 0 Å². The average molecular weight is 306 g/mol. The minimum absolute atomic E-state index is 0.0120. The zero-order chi connectivity index (χ0) is 15.5. The van der Waals surface area contributed by atoms with Crippen LogP contribution >= 0.6 is 0 Å². The number of amides is 3. The predicted molar refractivity (Wildman–Crippen MR) is 75.8 cm³/mol. The summed E-state index contributed by atoms with van der Waals surface area (Å²) in [4.78, 5) is 32.9. The zero-order valence-corrected chi connectivity index (χ0v) is 12.6. The number of unbranched alkanes of at least 4 members (excludes halogenated alkanes) is 1. The molecule has 0 aliphatic carbocycles. The summed E-state index contributed by atoms with van der Waals surface area (Å²) in [5, 5.41) is 13.1. The molecule has 3 amide bonds. The van der Waals surface area contributed by atoms with Gasteiger partial charge in [0.2, 0.25) is 5.91 Å². The van der Waals surface area contributed by atoms with Crippen molar-refractivity contribution in [1.82, 2.24) is 10.6 Å². The summed E-state index contributed by atoms with van der Waals surface area (Å²) in [7, 11) is -0.932. The highest BCUT2D eigenvalue weighted by Crippen LogP contribution is 1.99. The summed E-state index contributed by atoms with van der Waals surface area (Å²) < 4.78 is 11.1. The van der Waals surface area contributed by atoms with Gasteiger partial charge in [-0.25, -0.2) is 4.79 Å². The molecule has 3 N–H and O–H groups in total. The maximum Gasteiger partial charge on any atom is 0.321 e. The van der Waals surface area contributed by atoms with E-state index in [2.05, 4.69) is 10.6 Å². The summed E-state index contributed by atoms with van der Waals surface area (Å²) in [5.74, 6) is -1.33. The van der Waals surface area contributed by atoms with E-state index in [9.17, 15) is 18.6 Å². The number of nitrogens with one attached hydrogen (secondary N) is 2. The quantitative estimate of drug-likeness (QED) is 0.540. The second-order valence-corrected chi connectivity index (χ2v) is 6.30. The lowest BCUT2D eigenvalue weighted by molar-refractivity contribution is -0.137. The Bertz CT molecular complexity index is 373. The van der Waals surface area contributed by atoms with Crippen LogP contribution < -0.4 is 10.6 Å². The molecule has 0 saturated carbocycles. The van der Waals surface area contributed by atoms with Gasteiger partial charge in [0.1, 0.15) is 0 Å². The van der Waals surface area contributed by atoms with Crippen molar-refractivity contribution in [2.24, 2.45) is 0 Å². The van der Waals surface area contributed by atoms with Crippen LogP contribution in [-0.4, -0.2) is 45.3 Å². The molecule has 0 aliphatic rings. The molecule has 2 atom stereocenters. The fourth-order valence-corrected chi connectivity index (χ4v) is 1.80. The number of carbonyl (C=O) groups is 3. The van der Waals surface area contributed by atoms with Crippen molar-refractivity contribution in [3.63, 3.8) is 0 Å². The van der Waals surface area contributed by atoms with Crippen LogP contribution in [0.5, 0.6) is 0 Å². The molecule has 0 aromatic rings. The van der Waals surface area contributed by atoms with E-state index in [-0.39, 0.29) is 18.1 Å². The fourth-order valence-electron chi connectivity index (χ4n) is 1.35. The lowest BCUT2D eigenvalue weighted by Gasteiger charge is -2.09. The monoisotopic (exact) mass is 306 g/mol. The van der Waals surface area contributed by atoms with E-state index in [1.54, 1.807) is 6.26 Å². The van der Waals surface area contributed by atoms with Crippen molar-refractivity contribution in [2.75, 3.05) is 12.8 Å². The smallest absolute Gasteiger partial charge is 0.321 e. The topological polar surface area (TPSA) is 113 Å². The van der Waals surface area contributed by atoms with Gasteiger partial charge >= 0.3 is 12.0 Å². The highest BCUT2D eigenvalue weighted by molar-refractivity contribution is 7.84. The lowest BCUT2D eigenvalue weighted by atomic mass is 10.2. The van der Waals surface area contributed by atoms with Gasteiger partial charge < -0.3 is 10.4 Å². The molecule has 0 spiro atoms. The minimum Gasteiger partial charge on any atom is -0.481 e. The molecule has 2 unspecified atom stereocenters. The standard InChI is InChI=1S/C12H22N2O5S/c1-9(20(2)19)7-8-13-12(18)14-10(15)5-3-4-6-11(16)17/h9H,3-8H2,1-2H3,(H,16,17)(H2,13,14,15,18). The molecule has 0 rings (SSSR count). The third-order valence-corrected chi connectivity index (χ3v) is 4.07. The largest absolute Gasteiger partial charge is 0.481 e. The van der Waals surface area contributed by atoms with Crippen molar-refractivity contribution in [3.05, 3.63) is 0 Å². The fraction of sp³-hybridized carbons (Fsp3) is 0.750. The number of urea groups is 1. The minimum atomic E-state index is -0.932. The first-order valence-electron chi connectivity index (χ1n) is 6.44. The molecule has 0 aliphatic heterocycles. The van der Waals surface area contributed by atoms with Crippen molar-refractivity contribution >= 4 is 28.7 Å². The Morgan fingerprint density at radius 1 is 1.20 bits per heavy atom. The van der Waals surface area contributed by atoms with Gasteiger partial charge in [-0.15, -0.1) is 0 Å². The Labute approximate surface area is 121 Å². The molecule has 0 aromatic carbocycles. The van der Waals surface area contributed by atoms with Gasteiger partial charge in [-0.2, -0.15) is 0 Å². The molecule has 0 saturated heterocycles. The van der Waals surface area contributed by atoms with E-state index >= 15 is 0 Å². The molecule has 20 heavy (non-hydrogen) atoms. The van der Waals surface area contributed by atoms with Crippen LogP contribution in [0.3, 0.4) is 0 Å². The highest BCUT2D eigenvalue weighted by Gasteiger charge is 2.09. The Kier molecular flexibility index (Phi) is 9.61. The maximum absolute atomic E-state index is 11.3. The van der Waals surface area contributed by atoms with Gasteiger partial charge in [0, 0.05) is 41.7 Å². The number of hydrogen-bond acceptors (Lipinski definition) is 4. The van der Waals surface area contributed by atoms with Gasteiger partial charge in [-0.3, -0.25) is 19.1 Å². The number of aliphatic carboxylic acids is 1. The Hall–Kier alpha value is -1.44. The molecule has 116 valence electrons. The van der Waals surface area contributed by atoms with Crippen molar-refractivity contribution in [3.8, 4) is 0 Å². The van der Waals surface area contributed by atoms with Crippen LogP contribution in [0, 0.1) is 0 Å². The Morgan fingerprint density at radius 2 is 1.80 bits per heavy atom. The van der Waals surface area contributed by atoms with Crippen LogP contribution in [0.1, 0.15) is 39.0 Å². The number of rotatable bonds is 9. The molecule has 7 nitrogen and oxygen atoms in total. The summed E-state index contributed by atoms with van der Waals surface area (Å²) in [6, 6.07) is -0.581. The zero-order valence-electron chi connectivity index (χ0n) is 11.8. The third kappa shape index (κ3) is 10.5. The molecule has 0 aromatic heterocycles. The SMILES string of the molecule is CC(CCNC(=O)NC(=O)CCCCC(=O)O)S(C)=O. The first-order valence-corrected chi connectivity index (χ1v) is 8.06. The second-order valence-electron chi connectivity index (χ2n) is 4.50. The lowest BCUT2D eigenvalue weighted by Crippen LogP contribution is -2.40. The summed E-state index contributed by atoms with van der Waals surface area (Å²) in [5.41, 5.74) is 0. The third-order valence-electron chi connectivity index (χ3n) is 2.70. The molecule has 0 bridgehead atoms. The average Bonchev–Trinajstić information content (AvgIpc) is 2.34. The Balaban J connectivity index is 3.67. The van der Waals surface area contributed by atoms with Crippen LogP contribution in [-0.2, 0) is 20.4 Å². The van der Waals surface area contributed by atoms with Gasteiger partial charge in [-0.1, -0.05) is 6.92 Å². The molecule has 0 heterocycles. The van der Waals surface area contributed by atoms with E-state index in [0.717, 1.165) is 0 Å². The van der Waals surface area contributed by atoms with Crippen LogP contribution in [0.2, 0.25) is 0 Å². The predicted octanol–water partition coefficient (Wildman–Crippen LogP) is 0.614. The summed E-state index contributed by atoms with van der Waals surface area (Å²) in [6.45, 7) is 2.17. The Morgan fingerprint density at radius 3 is 2.35 bits per heavy atom. The molecule has 0 fully saturated rings. The first-order chi connectivity index (χ1) is 9.32. The normalized spacial score (nSPS) is 13.3. The molecule has 0 radical (unpaired) electrons. The van der Waals surface area contributed by atoms with Crippen LogP contribution in [0.25, 0.3) is 0 Å². The van der Waals surface area contributed by atoms with E-state index < -0.39 is 28.7 Å². The van der Waals surface area contributed by atoms with E-state index in [4.69, 9.17) is 5.11 Å². The van der Waals surface area contributed by atoms with Crippen molar-refractivity contribution in [1.29, 1.82) is 0 Å². The number of carboxylic acid groups (broad SMARTS) is 1. The van der Waals surface area contributed by atoms with Crippen LogP contribution in [0.4, 0.5) is 4.79 Å². The molecule has 8 heteroatoms. The van der Waals surface area contributed by atoms with Gasteiger partial charge in [0.25, 0.3) is 0 Å².